The van der Waals surface area contributed by atoms with Crippen molar-refractivity contribution in [3.8, 4) is 5.75 Å². The van der Waals surface area contributed by atoms with Gasteiger partial charge in [-0.3, -0.25) is 0 Å². The van der Waals surface area contributed by atoms with Gasteiger partial charge in [0.15, 0.2) is 6.10 Å². The average Bonchev–Trinajstić information content (AvgIpc) is 2.36. The molecule has 0 saturated carbocycles. The summed E-state index contributed by atoms with van der Waals surface area (Å²) >= 11 is 0. The lowest BCUT2D eigenvalue weighted by Crippen LogP contribution is -2.30. The maximum Gasteiger partial charge on any atom is 0.347 e. The van der Waals surface area contributed by atoms with Gasteiger partial charge >= 0.3 is 5.97 Å². The van der Waals surface area contributed by atoms with Crippen LogP contribution in [0, 0.1) is 5.92 Å². The Hall–Kier alpha value is -1.51. The summed E-state index contributed by atoms with van der Waals surface area (Å²) in [6.45, 7) is 8.34. The van der Waals surface area contributed by atoms with E-state index in [2.05, 4.69) is 27.7 Å². The van der Waals surface area contributed by atoms with Crippen LogP contribution < -0.4 is 4.74 Å². The number of hydrogen-bond acceptors (Lipinski definition) is 3. The molecule has 0 heterocycles. The second-order valence-electron chi connectivity index (χ2n) is 5.45. The van der Waals surface area contributed by atoms with Crippen LogP contribution in [0.5, 0.6) is 5.75 Å². The van der Waals surface area contributed by atoms with Crippen molar-refractivity contribution in [3.63, 3.8) is 0 Å². The van der Waals surface area contributed by atoms with E-state index in [1.54, 1.807) is 0 Å². The van der Waals surface area contributed by atoms with Crippen molar-refractivity contribution in [2.24, 2.45) is 5.92 Å². The molecule has 0 aliphatic rings. The van der Waals surface area contributed by atoms with Crippen LogP contribution in [0.2, 0.25) is 0 Å². The van der Waals surface area contributed by atoms with E-state index in [0.717, 1.165) is 11.3 Å². The fourth-order valence-electron chi connectivity index (χ4n) is 1.97. The number of methoxy groups -OCH3 is 1. The van der Waals surface area contributed by atoms with Gasteiger partial charge in [0.2, 0.25) is 0 Å². The lowest BCUT2D eigenvalue weighted by atomic mass is 10.0. The Bertz CT molecular complexity index is 410. The molecule has 0 aliphatic carbocycles. The van der Waals surface area contributed by atoms with Gasteiger partial charge < -0.3 is 9.47 Å². The smallest absolute Gasteiger partial charge is 0.347 e. The van der Waals surface area contributed by atoms with E-state index in [4.69, 9.17) is 9.47 Å². The Kier molecular flexibility index (Phi) is 5.87. The van der Waals surface area contributed by atoms with E-state index in [0.29, 0.717) is 18.3 Å². The molecule has 3 heteroatoms. The third-order valence-corrected chi connectivity index (χ3v) is 2.96. The molecule has 3 nitrogen and oxygen atoms in total. The standard InChI is InChI=1S/C16H24O3/c1-11(2)10-15(16(17)18-5)19-14-9-7-6-8-13(14)12(3)4/h6-9,11-12,15H,10H2,1-5H3/t15-/m1/s1. The van der Waals surface area contributed by atoms with E-state index < -0.39 is 6.10 Å². The predicted octanol–water partition coefficient (Wildman–Crippen LogP) is 3.78. The van der Waals surface area contributed by atoms with Crippen LogP contribution in [0.25, 0.3) is 0 Å². The zero-order valence-corrected chi connectivity index (χ0v) is 12.5. The number of hydrogen-bond donors (Lipinski definition) is 0. The van der Waals surface area contributed by atoms with Crippen molar-refractivity contribution < 1.29 is 14.3 Å². The average molecular weight is 264 g/mol. The summed E-state index contributed by atoms with van der Waals surface area (Å²) in [5.41, 5.74) is 1.11. The SMILES string of the molecule is COC(=O)[C@@H](CC(C)C)Oc1ccccc1C(C)C. The van der Waals surface area contributed by atoms with Crippen LogP contribution in [0.1, 0.15) is 45.6 Å². The number of benzene rings is 1. The fourth-order valence-corrected chi connectivity index (χ4v) is 1.97. The molecule has 0 aromatic heterocycles. The first-order valence-corrected chi connectivity index (χ1v) is 6.79. The molecule has 0 unspecified atom stereocenters. The Morgan fingerprint density at radius 3 is 2.32 bits per heavy atom. The van der Waals surface area contributed by atoms with Crippen molar-refractivity contribution in [1.29, 1.82) is 0 Å². The minimum Gasteiger partial charge on any atom is -0.478 e. The summed E-state index contributed by atoms with van der Waals surface area (Å²) < 4.78 is 10.7. The Morgan fingerprint density at radius 1 is 1.16 bits per heavy atom. The summed E-state index contributed by atoms with van der Waals surface area (Å²) in [7, 11) is 1.40. The highest BCUT2D eigenvalue weighted by Gasteiger charge is 2.23. The molecule has 0 bridgehead atoms. The molecule has 0 radical (unpaired) electrons. The van der Waals surface area contributed by atoms with Crippen LogP contribution in [-0.2, 0) is 9.53 Å². The van der Waals surface area contributed by atoms with Gasteiger partial charge in [-0.1, -0.05) is 45.9 Å². The summed E-state index contributed by atoms with van der Waals surface area (Å²) in [6.07, 6.45) is 0.115. The summed E-state index contributed by atoms with van der Waals surface area (Å²) in [4.78, 5) is 11.8. The molecule has 0 spiro atoms. The molecule has 106 valence electrons. The highest BCUT2D eigenvalue weighted by molar-refractivity contribution is 5.75. The van der Waals surface area contributed by atoms with E-state index >= 15 is 0 Å². The van der Waals surface area contributed by atoms with Crippen molar-refractivity contribution in [1.82, 2.24) is 0 Å². The Balaban J connectivity index is 2.92. The normalized spacial score (nSPS) is 12.6. The minimum absolute atomic E-state index is 0.313. The number of ether oxygens (including phenoxy) is 2. The molecule has 1 rings (SSSR count). The zero-order valence-electron chi connectivity index (χ0n) is 12.5. The van der Waals surface area contributed by atoms with E-state index in [1.165, 1.54) is 7.11 Å². The van der Waals surface area contributed by atoms with Gasteiger partial charge in [-0.25, -0.2) is 4.79 Å². The van der Waals surface area contributed by atoms with Gasteiger partial charge in [0.1, 0.15) is 5.75 Å². The van der Waals surface area contributed by atoms with Crippen LogP contribution in [0.3, 0.4) is 0 Å². The van der Waals surface area contributed by atoms with Gasteiger partial charge in [0.05, 0.1) is 7.11 Å². The van der Waals surface area contributed by atoms with E-state index in [-0.39, 0.29) is 5.97 Å². The zero-order chi connectivity index (χ0) is 14.4. The van der Waals surface area contributed by atoms with Gasteiger partial charge in [-0.05, 0) is 29.9 Å². The highest BCUT2D eigenvalue weighted by atomic mass is 16.6. The third kappa shape index (κ3) is 4.58. The largest absolute Gasteiger partial charge is 0.478 e. The minimum atomic E-state index is -0.537. The molecule has 0 aliphatic heterocycles. The van der Waals surface area contributed by atoms with Crippen LogP contribution >= 0.6 is 0 Å². The van der Waals surface area contributed by atoms with Gasteiger partial charge in [0.25, 0.3) is 0 Å². The molecule has 0 amide bonds. The molecular formula is C16H24O3. The maximum absolute atomic E-state index is 11.8. The van der Waals surface area contributed by atoms with Crippen LogP contribution in [0.15, 0.2) is 24.3 Å². The summed E-state index contributed by atoms with van der Waals surface area (Å²) in [5, 5.41) is 0. The highest BCUT2D eigenvalue weighted by Crippen LogP contribution is 2.27. The van der Waals surface area contributed by atoms with E-state index in [9.17, 15) is 4.79 Å². The predicted molar refractivity (Wildman–Crippen MR) is 76.4 cm³/mol. The number of carbonyl (C=O) groups is 1. The molecule has 1 atom stereocenters. The van der Waals surface area contributed by atoms with E-state index in [1.807, 2.05) is 24.3 Å². The van der Waals surface area contributed by atoms with Crippen molar-refractivity contribution in [2.45, 2.75) is 46.1 Å². The molecule has 0 N–H and O–H groups in total. The Morgan fingerprint density at radius 2 is 1.79 bits per heavy atom. The number of carbonyl (C=O) groups excluding carboxylic acids is 1. The third-order valence-electron chi connectivity index (χ3n) is 2.96. The number of esters is 1. The Labute approximate surface area is 115 Å². The molecule has 19 heavy (non-hydrogen) atoms. The van der Waals surface area contributed by atoms with Crippen LogP contribution in [0.4, 0.5) is 0 Å². The van der Waals surface area contributed by atoms with Crippen molar-refractivity contribution in [3.05, 3.63) is 29.8 Å². The number of para-hydroxylation sites is 1. The maximum atomic E-state index is 11.8. The fraction of sp³-hybridized carbons (Fsp3) is 0.562. The lowest BCUT2D eigenvalue weighted by molar-refractivity contribution is -0.149. The first-order chi connectivity index (χ1) is 8.95. The first kappa shape index (κ1) is 15.5. The molecule has 1 aromatic rings. The lowest BCUT2D eigenvalue weighted by Gasteiger charge is -2.21. The van der Waals surface area contributed by atoms with Crippen LogP contribution in [-0.4, -0.2) is 19.2 Å². The van der Waals surface area contributed by atoms with Crippen molar-refractivity contribution in [2.75, 3.05) is 7.11 Å². The number of rotatable bonds is 6. The van der Waals surface area contributed by atoms with Gasteiger partial charge in [-0.2, -0.15) is 0 Å². The molecular weight excluding hydrogens is 240 g/mol. The van der Waals surface area contributed by atoms with Gasteiger partial charge in [-0.15, -0.1) is 0 Å². The topological polar surface area (TPSA) is 35.5 Å². The first-order valence-electron chi connectivity index (χ1n) is 6.79. The molecule has 0 fully saturated rings. The quantitative estimate of drug-likeness (QED) is 0.734. The molecule has 0 saturated heterocycles. The summed E-state index contributed by atoms with van der Waals surface area (Å²) in [5.74, 6) is 1.18. The second-order valence-corrected chi connectivity index (χ2v) is 5.45. The van der Waals surface area contributed by atoms with Gasteiger partial charge in [0, 0.05) is 0 Å². The monoisotopic (exact) mass is 264 g/mol. The van der Waals surface area contributed by atoms with Crippen molar-refractivity contribution >= 4 is 5.97 Å². The summed E-state index contributed by atoms with van der Waals surface area (Å²) in [6, 6.07) is 7.85. The molecule has 1 aromatic carbocycles. The second kappa shape index (κ2) is 7.17.